The first-order valence-corrected chi connectivity index (χ1v) is 13.7. The Bertz CT molecular complexity index is 1790. The zero-order chi connectivity index (χ0) is 28.8. The predicted octanol–water partition coefficient (Wildman–Crippen LogP) is 6.22. The molecule has 1 N–H and O–H groups in total. The van der Waals surface area contributed by atoms with Crippen LogP contribution in [0.5, 0.6) is 11.5 Å². The van der Waals surface area contributed by atoms with Crippen LogP contribution in [0.1, 0.15) is 58.2 Å². The number of carboxylic acid groups (broad SMARTS) is 1. The fourth-order valence-corrected chi connectivity index (χ4v) is 6.29. The summed E-state index contributed by atoms with van der Waals surface area (Å²) in [4.78, 5) is 23.4. The third-order valence-electron chi connectivity index (χ3n) is 8.26. The third-order valence-corrected chi connectivity index (χ3v) is 8.26. The van der Waals surface area contributed by atoms with Crippen molar-refractivity contribution in [3.05, 3.63) is 105 Å². The van der Waals surface area contributed by atoms with Gasteiger partial charge in [-0.1, -0.05) is 24.3 Å². The smallest absolute Gasteiger partial charge is 0.304 e. The summed E-state index contributed by atoms with van der Waals surface area (Å²) in [6, 6.07) is 19.7. The highest BCUT2D eigenvalue weighted by Crippen LogP contribution is 2.45. The summed E-state index contributed by atoms with van der Waals surface area (Å²) in [5, 5.41) is 19.3. The highest BCUT2D eigenvalue weighted by Gasteiger charge is 2.31. The molecule has 41 heavy (non-hydrogen) atoms. The maximum absolute atomic E-state index is 12.2. The molecule has 7 nitrogen and oxygen atoms in total. The molecule has 2 aliphatic rings. The van der Waals surface area contributed by atoms with Gasteiger partial charge in [0.2, 0.25) is 0 Å². The molecule has 2 atom stereocenters. The number of rotatable bonds is 6. The molecule has 0 saturated carbocycles. The van der Waals surface area contributed by atoms with E-state index in [2.05, 4.69) is 32.0 Å². The Morgan fingerprint density at radius 3 is 2.51 bits per heavy atom. The molecule has 0 spiro atoms. The molecule has 0 saturated heterocycles. The molecule has 206 valence electrons. The van der Waals surface area contributed by atoms with E-state index in [1.165, 1.54) is 0 Å². The van der Waals surface area contributed by atoms with E-state index in [0.29, 0.717) is 23.7 Å². The van der Waals surface area contributed by atoms with E-state index in [9.17, 15) is 20.0 Å². The number of hydrogen-bond acceptors (Lipinski definition) is 5. The number of aliphatic carboxylic acids is 1. The number of carboxylic acids is 1. The zero-order valence-corrected chi connectivity index (χ0v) is 23.2. The normalized spacial score (nSPS) is 16.9. The Balaban J connectivity index is 1.34. The molecule has 1 aliphatic carbocycles. The van der Waals surface area contributed by atoms with Crippen molar-refractivity contribution in [2.75, 3.05) is 6.61 Å². The Morgan fingerprint density at radius 2 is 1.80 bits per heavy atom. The van der Waals surface area contributed by atoms with Crippen molar-refractivity contribution in [2.45, 2.75) is 45.1 Å². The van der Waals surface area contributed by atoms with Gasteiger partial charge in [-0.2, -0.15) is 5.26 Å². The van der Waals surface area contributed by atoms with E-state index in [1.54, 1.807) is 23.9 Å². The van der Waals surface area contributed by atoms with Crippen molar-refractivity contribution in [1.29, 1.82) is 5.26 Å². The van der Waals surface area contributed by atoms with Gasteiger partial charge in [-0.25, -0.2) is 0 Å². The Hall–Kier alpha value is -4.83. The lowest BCUT2D eigenvalue weighted by atomic mass is 9.85. The van der Waals surface area contributed by atoms with E-state index in [0.717, 1.165) is 62.9 Å². The molecule has 1 aliphatic heterocycles. The van der Waals surface area contributed by atoms with Crippen LogP contribution in [0.25, 0.3) is 22.3 Å². The van der Waals surface area contributed by atoms with Crippen molar-refractivity contribution in [3.63, 3.8) is 0 Å². The van der Waals surface area contributed by atoms with E-state index >= 15 is 0 Å². The molecule has 1 aromatic heterocycles. The van der Waals surface area contributed by atoms with Crippen LogP contribution in [0.15, 0.2) is 65.6 Å². The number of hydrogen-bond donors (Lipinski definition) is 1. The minimum atomic E-state index is -0.840. The summed E-state index contributed by atoms with van der Waals surface area (Å²) in [6.45, 7) is 4.47. The Kier molecular flexibility index (Phi) is 6.63. The SMILES string of the molecule is Cc1cc(-c2ccn(C)c(=O)c2)cc(C)c1-c1c(C#N)ccc2c1CC[C@H]2Oc1ccc2c(c1)OC[C@H]2CC(=O)O. The first-order valence-electron chi connectivity index (χ1n) is 13.7. The minimum absolute atomic E-state index is 0.0385. The number of aryl methyl sites for hydroxylation is 3. The molecule has 3 aromatic carbocycles. The zero-order valence-electron chi connectivity index (χ0n) is 23.2. The quantitative estimate of drug-likeness (QED) is 0.308. The average molecular weight is 547 g/mol. The van der Waals surface area contributed by atoms with Crippen molar-refractivity contribution >= 4 is 5.97 Å². The number of nitriles is 1. The number of carbonyl (C=O) groups is 1. The number of nitrogens with zero attached hydrogens (tertiary/aromatic N) is 2. The first kappa shape index (κ1) is 26.4. The lowest BCUT2D eigenvalue weighted by Crippen LogP contribution is -2.14. The van der Waals surface area contributed by atoms with Crippen LogP contribution in [0.2, 0.25) is 0 Å². The van der Waals surface area contributed by atoms with Gasteiger partial charge in [-0.3, -0.25) is 9.59 Å². The molecule has 0 fully saturated rings. The van der Waals surface area contributed by atoms with E-state index in [1.807, 2.05) is 36.4 Å². The molecule has 6 rings (SSSR count). The second-order valence-corrected chi connectivity index (χ2v) is 11.0. The first-order chi connectivity index (χ1) is 19.7. The van der Waals surface area contributed by atoms with Crippen LogP contribution in [-0.2, 0) is 18.3 Å². The maximum Gasteiger partial charge on any atom is 0.304 e. The van der Waals surface area contributed by atoms with Gasteiger partial charge in [0.1, 0.15) is 17.6 Å². The third kappa shape index (κ3) is 4.76. The molecule has 0 unspecified atom stereocenters. The number of benzene rings is 3. The number of aromatic nitrogens is 1. The molecule has 0 bridgehead atoms. The summed E-state index contributed by atoms with van der Waals surface area (Å²) >= 11 is 0. The highest BCUT2D eigenvalue weighted by molar-refractivity contribution is 5.83. The second kappa shape index (κ2) is 10.3. The molecule has 0 amide bonds. The van der Waals surface area contributed by atoms with Crippen molar-refractivity contribution < 1.29 is 19.4 Å². The topological polar surface area (TPSA) is 102 Å². The van der Waals surface area contributed by atoms with Gasteiger partial charge in [0, 0.05) is 42.4 Å². The van der Waals surface area contributed by atoms with Gasteiger partial charge in [0.05, 0.1) is 24.7 Å². The molecule has 2 heterocycles. The monoisotopic (exact) mass is 546 g/mol. The van der Waals surface area contributed by atoms with Crippen molar-refractivity contribution in [1.82, 2.24) is 4.57 Å². The number of pyridine rings is 1. The molecule has 7 heteroatoms. The van der Waals surface area contributed by atoms with Gasteiger partial charge in [-0.05, 0) is 83.8 Å². The summed E-state index contributed by atoms with van der Waals surface area (Å²) in [6.07, 6.45) is 3.20. The number of ether oxygens (including phenoxy) is 2. The molecular weight excluding hydrogens is 516 g/mol. The van der Waals surface area contributed by atoms with Crippen LogP contribution in [0, 0.1) is 25.2 Å². The lowest BCUT2D eigenvalue weighted by molar-refractivity contribution is -0.137. The number of fused-ring (bicyclic) bond motifs is 2. The van der Waals surface area contributed by atoms with Gasteiger partial charge in [0.25, 0.3) is 5.56 Å². The predicted molar refractivity (Wildman–Crippen MR) is 155 cm³/mol. The summed E-state index contributed by atoms with van der Waals surface area (Å²) in [5.74, 6) is 0.359. The van der Waals surface area contributed by atoms with Crippen molar-refractivity contribution in [3.8, 4) is 39.8 Å². The summed E-state index contributed by atoms with van der Waals surface area (Å²) in [7, 11) is 1.73. The molecule has 4 aromatic rings. The van der Waals surface area contributed by atoms with Gasteiger partial charge in [-0.15, -0.1) is 0 Å². The summed E-state index contributed by atoms with van der Waals surface area (Å²) in [5.41, 5.74) is 9.59. The van der Waals surface area contributed by atoms with Gasteiger partial charge < -0.3 is 19.1 Å². The maximum atomic E-state index is 12.2. The Labute approximate surface area is 238 Å². The van der Waals surface area contributed by atoms with Crippen LogP contribution in [0.3, 0.4) is 0 Å². The van der Waals surface area contributed by atoms with Crippen LogP contribution in [0.4, 0.5) is 0 Å². The largest absolute Gasteiger partial charge is 0.492 e. The van der Waals surface area contributed by atoms with Crippen LogP contribution in [-0.4, -0.2) is 22.2 Å². The standard InChI is InChI=1S/C34H30N2O5/c1-19-12-23(21-10-11-36(3)31(37)14-21)13-20(2)33(19)34-22(17-35)4-6-27-28(34)8-9-29(27)41-25-5-7-26-24(15-32(38)39)18-40-30(26)16-25/h4-7,10-14,16,24,29H,8-9,15,18H2,1-3H3,(H,38,39)/t24-,29-/m1/s1. The van der Waals surface area contributed by atoms with Gasteiger partial charge in [0.15, 0.2) is 0 Å². The summed E-state index contributed by atoms with van der Waals surface area (Å²) < 4.78 is 13.8. The molecular formula is C34H30N2O5. The van der Waals surface area contributed by atoms with Crippen LogP contribution >= 0.6 is 0 Å². The lowest BCUT2D eigenvalue weighted by Gasteiger charge is -2.19. The van der Waals surface area contributed by atoms with Crippen LogP contribution < -0.4 is 15.0 Å². The fourth-order valence-electron chi connectivity index (χ4n) is 6.29. The second-order valence-electron chi connectivity index (χ2n) is 11.0. The fraction of sp³-hybridized carbons (Fsp3) is 0.265. The van der Waals surface area contributed by atoms with E-state index < -0.39 is 5.97 Å². The average Bonchev–Trinajstić information content (AvgIpc) is 3.53. The molecule has 0 radical (unpaired) electrons. The van der Waals surface area contributed by atoms with E-state index in [4.69, 9.17) is 9.47 Å². The minimum Gasteiger partial charge on any atom is -0.492 e. The highest BCUT2D eigenvalue weighted by atomic mass is 16.5. The van der Waals surface area contributed by atoms with Gasteiger partial charge >= 0.3 is 5.97 Å². The van der Waals surface area contributed by atoms with E-state index in [-0.39, 0.29) is 24.0 Å². The van der Waals surface area contributed by atoms with Crippen molar-refractivity contribution in [2.24, 2.45) is 7.05 Å². The Morgan fingerprint density at radius 1 is 1.05 bits per heavy atom.